The maximum Gasteiger partial charge on any atom is 0.299 e. The van der Waals surface area contributed by atoms with Crippen molar-refractivity contribution in [2.75, 3.05) is 26.2 Å². The van der Waals surface area contributed by atoms with E-state index in [9.17, 15) is 20.2 Å². The Kier molecular flexibility index (Phi) is 3.91. The first-order valence-electron chi connectivity index (χ1n) is 6.25. The average molecular weight is 284 g/mol. The summed E-state index contributed by atoms with van der Waals surface area (Å²) in [4.78, 5) is 21.3. The zero-order valence-corrected chi connectivity index (χ0v) is 10.9. The van der Waals surface area contributed by atoms with Crippen molar-refractivity contribution in [3.63, 3.8) is 0 Å². The molecule has 20 heavy (non-hydrogen) atoms. The van der Waals surface area contributed by atoms with Crippen LogP contribution in [0.15, 0.2) is 23.0 Å². The quantitative estimate of drug-likeness (QED) is 0.377. The minimum atomic E-state index is -0.957. The first kappa shape index (κ1) is 13.9. The van der Waals surface area contributed by atoms with Crippen LogP contribution >= 0.6 is 0 Å². The summed E-state index contributed by atoms with van der Waals surface area (Å²) < 4.78 is 0. The van der Waals surface area contributed by atoms with E-state index in [4.69, 9.17) is 0 Å². The van der Waals surface area contributed by atoms with Crippen molar-refractivity contribution in [2.45, 2.75) is 6.92 Å². The van der Waals surface area contributed by atoms with Crippen LogP contribution in [0, 0.1) is 26.1 Å². The molecule has 2 aliphatic heterocycles. The molecule has 0 saturated carbocycles. The van der Waals surface area contributed by atoms with Gasteiger partial charge < -0.3 is 21.3 Å². The second kappa shape index (κ2) is 5.63. The number of nitro groups is 2. The Bertz CT molecular complexity index is 440. The zero-order chi connectivity index (χ0) is 14.7. The van der Waals surface area contributed by atoms with Crippen molar-refractivity contribution in [1.82, 2.24) is 21.3 Å². The summed E-state index contributed by atoms with van der Waals surface area (Å²) in [5, 5.41) is 33.9. The van der Waals surface area contributed by atoms with Crippen LogP contribution in [0.2, 0.25) is 0 Å². The van der Waals surface area contributed by atoms with Crippen molar-refractivity contribution in [3.8, 4) is 0 Å². The zero-order valence-electron chi connectivity index (χ0n) is 10.9. The highest BCUT2D eigenvalue weighted by atomic mass is 16.6. The minimum Gasteiger partial charge on any atom is -0.365 e. The molecule has 0 aliphatic carbocycles. The molecule has 10 heteroatoms. The van der Waals surface area contributed by atoms with Gasteiger partial charge in [0.2, 0.25) is 0 Å². The van der Waals surface area contributed by atoms with E-state index in [0.29, 0.717) is 26.2 Å². The Hall–Kier alpha value is -2.52. The molecular weight excluding hydrogens is 268 g/mol. The van der Waals surface area contributed by atoms with E-state index in [0.717, 1.165) is 0 Å². The fraction of sp³-hybridized carbons (Fsp3) is 0.600. The van der Waals surface area contributed by atoms with Crippen LogP contribution in [0.1, 0.15) is 6.92 Å². The molecule has 10 nitrogen and oxygen atoms in total. The van der Waals surface area contributed by atoms with Crippen molar-refractivity contribution in [3.05, 3.63) is 43.3 Å². The molecule has 0 amide bonds. The maximum atomic E-state index is 11.3. The number of hydrogen-bond donors (Lipinski definition) is 4. The van der Waals surface area contributed by atoms with Gasteiger partial charge in [-0.1, -0.05) is 0 Å². The molecule has 0 aromatic heterocycles. The van der Waals surface area contributed by atoms with Crippen LogP contribution in [0.5, 0.6) is 0 Å². The summed E-state index contributed by atoms with van der Waals surface area (Å²) in [5.74, 6) is -0.456. The predicted octanol–water partition coefficient (Wildman–Crippen LogP) is -1.10. The Morgan fingerprint density at radius 2 is 1.20 bits per heavy atom. The smallest absolute Gasteiger partial charge is 0.299 e. The average Bonchev–Trinajstić information content (AvgIpc) is 3.01. The molecule has 0 atom stereocenters. The maximum absolute atomic E-state index is 11.3. The predicted molar refractivity (Wildman–Crippen MR) is 69.2 cm³/mol. The van der Waals surface area contributed by atoms with E-state index in [1.54, 1.807) is 0 Å². The van der Waals surface area contributed by atoms with Gasteiger partial charge in [0.25, 0.3) is 11.4 Å². The van der Waals surface area contributed by atoms with Crippen LogP contribution in [-0.2, 0) is 0 Å². The molecule has 0 aromatic rings. The van der Waals surface area contributed by atoms with Crippen LogP contribution < -0.4 is 21.3 Å². The fourth-order valence-corrected chi connectivity index (χ4v) is 2.30. The molecule has 2 saturated heterocycles. The lowest BCUT2D eigenvalue weighted by molar-refractivity contribution is -0.461. The van der Waals surface area contributed by atoms with E-state index in [1.165, 1.54) is 6.92 Å². The summed E-state index contributed by atoms with van der Waals surface area (Å²) in [6.07, 6.45) is 0. The van der Waals surface area contributed by atoms with Gasteiger partial charge in [0, 0.05) is 26.2 Å². The number of nitrogens with zero attached hydrogens (tertiary/aromatic N) is 2. The van der Waals surface area contributed by atoms with E-state index in [1.807, 2.05) is 0 Å². The van der Waals surface area contributed by atoms with Crippen molar-refractivity contribution >= 4 is 0 Å². The van der Waals surface area contributed by atoms with Gasteiger partial charge in [0.1, 0.15) is 5.92 Å². The lowest BCUT2D eigenvalue weighted by Gasteiger charge is -2.11. The molecule has 2 aliphatic rings. The van der Waals surface area contributed by atoms with Crippen LogP contribution in [-0.4, -0.2) is 36.0 Å². The summed E-state index contributed by atoms with van der Waals surface area (Å²) >= 11 is 0. The summed E-state index contributed by atoms with van der Waals surface area (Å²) in [7, 11) is 0. The monoisotopic (exact) mass is 284 g/mol. The Morgan fingerprint density at radius 1 is 0.900 bits per heavy atom. The minimum absolute atomic E-state index is 0.225. The lowest BCUT2D eigenvalue weighted by atomic mass is 10.0. The number of rotatable bonds is 4. The van der Waals surface area contributed by atoms with Gasteiger partial charge in [-0.2, -0.15) is 0 Å². The summed E-state index contributed by atoms with van der Waals surface area (Å²) in [6, 6.07) is 0. The van der Waals surface area contributed by atoms with Crippen molar-refractivity contribution in [2.24, 2.45) is 5.92 Å². The molecule has 2 fully saturated rings. The van der Waals surface area contributed by atoms with Crippen LogP contribution in [0.25, 0.3) is 0 Å². The molecule has 2 heterocycles. The summed E-state index contributed by atoms with van der Waals surface area (Å²) in [5.41, 5.74) is -0.450. The molecule has 0 bridgehead atoms. The van der Waals surface area contributed by atoms with Crippen LogP contribution in [0.4, 0.5) is 0 Å². The Morgan fingerprint density at radius 3 is 1.45 bits per heavy atom. The van der Waals surface area contributed by atoms with E-state index in [-0.39, 0.29) is 23.0 Å². The molecule has 0 unspecified atom stereocenters. The number of hydrogen-bond acceptors (Lipinski definition) is 8. The van der Waals surface area contributed by atoms with Gasteiger partial charge in [-0.15, -0.1) is 0 Å². The van der Waals surface area contributed by atoms with E-state index < -0.39 is 15.8 Å². The fourth-order valence-electron chi connectivity index (χ4n) is 2.30. The molecule has 110 valence electrons. The third kappa shape index (κ3) is 2.58. The van der Waals surface area contributed by atoms with Gasteiger partial charge in [-0.3, -0.25) is 20.2 Å². The normalized spacial score (nSPS) is 17.1. The second-order valence-electron chi connectivity index (χ2n) is 4.46. The molecule has 0 aromatic carbocycles. The van der Waals surface area contributed by atoms with Gasteiger partial charge >= 0.3 is 0 Å². The van der Waals surface area contributed by atoms with E-state index >= 15 is 0 Å². The van der Waals surface area contributed by atoms with Gasteiger partial charge in [0.05, 0.1) is 9.85 Å². The third-order valence-electron chi connectivity index (χ3n) is 3.18. The first-order chi connectivity index (χ1) is 9.52. The van der Waals surface area contributed by atoms with Gasteiger partial charge in [0.15, 0.2) is 11.6 Å². The topological polar surface area (TPSA) is 134 Å². The summed E-state index contributed by atoms with van der Waals surface area (Å²) in [6.45, 7) is 3.68. The van der Waals surface area contributed by atoms with Crippen LogP contribution in [0.3, 0.4) is 0 Å². The molecule has 0 radical (unpaired) electrons. The van der Waals surface area contributed by atoms with Crippen molar-refractivity contribution < 1.29 is 9.85 Å². The standard InChI is InChI=1S/C10H16N6O4/c1-6(7(15(17)18)9-11-2-3-12-9)8(16(19)20)10-13-4-5-14-10/h6,11-14H,2-5H2,1H3. The van der Waals surface area contributed by atoms with Gasteiger partial charge in [-0.25, -0.2) is 0 Å². The molecule has 0 spiro atoms. The lowest BCUT2D eigenvalue weighted by Crippen LogP contribution is -2.28. The SMILES string of the molecule is CC(C(=C1NCCN1)[N+](=O)[O-])C(=C1NCCN1)[N+](=O)[O-]. The number of nitrogens with one attached hydrogen (secondary N) is 4. The van der Waals surface area contributed by atoms with Gasteiger partial charge in [-0.05, 0) is 6.92 Å². The van der Waals surface area contributed by atoms with E-state index in [2.05, 4.69) is 21.3 Å². The first-order valence-corrected chi connectivity index (χ1v) is 6.25. The molecular formula is C10H16N6O4. The Balaban J connectivity index is 2.42. The highest BCUT2D eigenvalue weighted by Crippen LogP contribution is 2.25. The van der Waals surface area contributed by atoms with Crippen molar-refractivity contribution in [1.29, 1.82) is 0 Å². The second-order valence-corrected chi connectivity index (χ2v) is 4.46. The molecule has 2 rings (SSSR count). The largest absolute Gasteiger partial charge is 0.365 e. The highest BCUT2D eigenvalue weighted by molar-refractivity contribution is 5.21. The highest BCUT2D eigenvalue weighted by Gasteiger charge is 2.39. The Labute approximate surface area is 114 Å². The third-order valence-corrected chi connectivity index (χ3v) is 3.18. The molecule has 4 N–H and O–H groups in total.